The fraction of sp³-hybridized carbons (Fsp3) is 0.429. The summed E-state index contributed by atoms with van der Waals surface area (Å²) in [6.07, 6.45) is -5.26. The Morgan fingerprint density at radius 3 is 2.54 bits per heavy atom. The molecule has 0 radical (unpaired) electrons. The molecule has 1 saturated heterocycles. The van der Waals surface area contributed by atoms with Crippen LogP contribution in [0.1, 0.15) is 36.1 Å². The molecule has 35 heavy (non-hydrogen) atoms. The molecule has 4 rings (SSSR count). The van der Waals surface area contributed by atoms with E-state index in [0.717, 1.165) is 36.3 Å². The number of fused-ring (bicyclic) bond motifs is 1. The molecule has 1 aromatic carbocycles. The monoisotopic (exact) mass is 521 g/mol. The molecule has 190 valence electrons. The third-order valence-electron chi connectivity index (χ3n) is 5.53. The number of nitrogens with one attached hydrogen (secondary N) is 1. The van der Waals surface area contributed by atoms with E-state index < -0.39 is 53.7 Å². The van der Waals surface area contributed by atoms with Crippen LogP contribution in [0.5, 0.6) is 0 Å². The number of amides is 1. The van der Waals surface area contributed by atoms with E-state index in [1.54, 1.807) is 0 Å². The zero-order valence-corrected chi connectivity index (χ0v) is 18.2. The van der Waals surface area contributed by atoms with Gasteiger partial charge in [0.25, 0.3) is 11.8 Å². The summed E-state index contributed by atoms with van der Waals surface area (Å²) in [5.41, 5.74) is 2.89. The van der Waals surface area contributed by atoms with Crippen LogP contribution < -0.4 is 11.1 Å². The van der Waals surface area contributed by atoms with Gasteiger partial charge in [-0.05, 0) is 18.2 Å². The molecule has 1 fully saturated rings. The number of thioether (sulfide) groups is 1. The highest BCUT2D eigenvalue weighted by Crippen LogP contribution is 2.52. The first-order chi connectivity index (χ1) is 15.8. The summed E-state index contributed by atoms with van der Waals surface area (Å²) in [4.78, 5) is 23.8. The fourth-order valence-corrected chi connectivity index (χ4v) is 4.93. The van der Waals surface area contributed by atoms with Gasteiger partial charge >= 0.3 is 6.18 Å². The number of aliphatic imine (C=N–C) groups is 1. The largest absolute Gasteiger partial charge is 0.415 e. The Bertz CT molecular complexity index is 1140. The minimum atomic E-state index is -4.70. The molecule has 0 spiro atoms. The van der Waals surface area contributed by atoms with Gasteiger partial charge in [-0.1, -0.05) is 19.2 Å². The number of carbonyl (C=O) groups is 1. The van der Waals surface area contributed by atoms with Crippen molar-refractivity contribution < 1.29 is 35.9 Å². The van der Waals surface area contributed by atoms with Gasteiger partial charge in [-0.15, -0.1) is 0 Å². The summed E-state index contributed by atoms with van der Waals surface area (Å²) in [6, 6.07) is 3.31. The van der Waals surface area contributed by atoms with Crippen molar-refractivity contribution in [3.8, 4) is 0 Å². The number of carbonyl (C=O) groups excluding carboxylic acids is 1. The summed E-state index contributed by atoms with van der Waals surface area (Å²) >= 11 is 0.915. The number of hydrogen-bond acceptors (Lipinski definition) is 7. The van der Waals surface area contributed by atoms with Crippen LogP contribution in [0.4, 0.5) is 32.0 Å². The first-order valence-corrected chi connectivity index (χ1v) is 10.8. The van der Waals surface area contributed by atoms with Crippen molar-refractivity contribution in [2.24, 2.45) is 16.6 Å². The summed E-state index contributed by atoms with van der Waals surface area (Å²) in [5.74, 6) is -6.30. The van der Waals surface area contributed by atoms with Gasteiger partial charge in [0.15, 0.2) is 11.3 Å². The van der Waals surface area contributed by atoms with Gasteiger partial charge in [0, 0.05) is 29.8 Å². The average Bonchev–Trinajstić information content (AvgIpc) is 3.14. The number of anilines is 1. The second kappa shape index (κ2) is 9.30. The van der Waals surface area contributed by atoms with Crippen molar-refractivity contribution in [2.45, 2.75) is 38.1 Å². The van der Waals surface area contributed by atoms with E-state index in [-0.39, 0.29) is 35.3 Å². The number of nitrogens with zero attached hydrogens (tertiary/aromatic N) is 3. The fourth-order valence-electron chi connectivity index (χ4n) is 3.90. The van der Waals surface area contributed by atoms with E-state index in [4.69, 9.17) is 10.5 Å². The summed E-state index contributed by atoms with van der Waals surface area (Å²) in [5, 5.41) is 2.39. The Balaban J connectivity index is 0.00000342. The predicted octanol–water partition coefficient (Wildman–Crippen LogP) is 4.45. The minimum absolute atomic E-state index is 0. The number of amidine groups is 1. The van der Waals surface area contributed by atoms with Gasteiger partial charge in [-0.25, -0.2) is 14.4 Å². The number of hydrogen-bond donors (Lipinski definition) is 2. The van der Waals surface area contributed by atoms with Gasteiger partial charge in [-0.3, -0.25) is 9.78 Å². The molecule has 0 saturated carbocycles. The molecule has 1 amide bonds. The molecular formula is C21H21F6N5O2S. The lowest BCUT2D eigenvalue weighted by atomic mass is 9.78. The highest BCUT2D eigenvalue weighted by molar-refractivity contribution is 8.13. The number of alkyl halides is 5. The van der Waals surface area contributed by atoms with E-state index in [1.807, 2.05) is 0 Å². The Kier molecular flexibility index (Phi) is 7.10. The van der Waals surface area contributed by atoms with E-state index in [1.165, 1.54) is 6.07 Å². The van der Waals surface area contributed by atoms with Gasteiger partial charge in [0.1, 0.15) is 22.7 Å². The van der Waals surface area contributed by atoms with E-state index in [9.17, 15) is 31.1 Å². The van der Waals surface area contributed by atoms with Crippen LogP contribution in [-0.2, 0) is 16.2 Å². The SMILES string of the molecule is C.CC(F)(F)c1cnc(C(=O)Nc2ccc(F)c([C@]34CO[C@H](C(F)(F)F)[C@H]3CSC(N)=N4)c2)cn1. The van der Waals surface area contributed by atoms with Crippen LogP contribution in [0.3, 0.4) is 0 Å². The van der Waals surface area contributed by atoms with Crippen molar-refractivity contribution in [3.05, 3.63) is 53.4 Å². The van der Waals surface area contributed by atoms with E-state index >= 15 is 0 Å². The Morgan fingerprint density at radius 1 is 1.23 bits per heavy atom. The molecule has 3 atom stereocenters. The van der Waals surface area contributed by atoms with Crippen LogP contribution >= 0.6 is 11.8 Å². The minimum Gasteiger partial charge on any atom is -0.379 e. The molecule has 7 nitrogen and oxygen atoms in total. The molecule has 0 unspecified atom stereocenters. The molecular weight excluding hydrogens is 500 g/mol. The van der Waals surface area contributed by atoms with Crippen molar-refractivity contribution in [3.63, 3.8) is 0 Å². The van der Waals surface area contributed by atoms with Crippen molar-refractivity contribution >= 4 is 28.5 Å². The van der Waals surface area contributed by atoms with Crippen LogP contribution in [-0.4, -0.2) is 45.7 Å². The van der Waals surface area contributed by atoms with E-state index in [2.05, 4.69) is 20.3 Å². The van der Waals surface area contributed by atoms with Crippen molar-refractivity contribution in [2.75, 3.05) is 17.7 Å². The van der Waals surface area contributed by atoms with Crippen molar-refractivity contribution in [1.82, 2.24) is 9.97 Å². The second-order valence-corrected chi connectivity index (χ2v) is 8.93. The second-order valence-electron chi connectivity index (χ2n) is 7.89. The molecule has 0 bridgehead atoms. The Labute approximate surface area is 200 Å². The van der Waals surface area contributed by atoms with Gasteiger partial charge < -0.3 is 15.8 Å². The zero-order chi connectivity index (χ0) is 24.9. The lowest BCUT2D eigenvalue weighted by molar-refractivity contribution is -0.215. The quantitative estimate of drug-likeness (QED) is 0.577. The van der Waals surface area contributed by atoms with Crippen LogP contribution in [0.2, 0.25) is 0 Å². The highest BCUT2D eigenvalue weighted by Gasteiger charge is 2.62. The maximum absolute atomic E-state index is 14.9. The maximum atomic E-state index is 14.9. The normalized spacial score (nSPS) is 24.3. The molecule has 0 aliphatic carbocycles. The lowest BCUT2D eigenvalue weighted by Gasteiger charge is -2.36. The van der Waals surface area contributed by atoms with Crippen LogP contribution in [0.15, 0.2) is 35.6 Å². The van der Waals surface area contributed by atoms with Gasteiger partial charge in [0.2, 0.25) is 0 Å². The third kappa shape index (κ3) is 5.08. The molecule has 3 heterocycles. The first kappa shape index (κ1) is 26.7. The molecule has 1 aromatic heterocycles. The van der Waals surface area contributed by atoms with E-state index in [0.29, 0.717) is 6.92 Å². The summed E-state index contributed by atoms with van der Waals surface area (Å²) in [7, 11) is 0. The topological polar surface area (TPSA) is 102 Å². The number of benzene rings is 1. The smallest absolute Gasteiger partial charge is 0.379 e. The Morgan fingerprint density at radius 2 is 1.94 bits per heavy atom. The number of ether oxygens (including phenoxy) is 1. The number of aromatic nitrogens is 2. The van der Waals surface area contributed by atoms with Crippen LogP contribution in [0.25, 0.3) is 0 Å². The lowest BCUT2D eigenvalue weighted by Crippen LogP contribution is -2.46. The van der Waals surface area contributed by atoms with Gasteiger partial charge in [0.05, 0.1) is 19.0 Å². The molecule has 3 N–H and O–H groups in total. The molecule has 2 aromatic rings. The number of nitrogens with two attached hydrogens (primary N) is 1. The number of halogens is 6. The van der Waals surface area contributed by atoms with Crippen LogP contribution in [0, 0.1) is 11.7 Å². The molecule has 2 aliphatic heterocycles. The molecule has 2 aliphatic rings. The first-order valence-electron chi connectivity index (χ1n) is 9.79. The number of rotatable bonds is 4. The predicted molar refractivity (Wildman–Crippen MR) is 118 cm³/mol. The Hall–Kier alpha value is -2.87. The third-order valence-corrected chi connectivity index (χ3v) is 6.44. The maximum Gasteiger partial charge on any atom is 0.415 e. The van der Waals surface area contributed by atoms with Crippen molar-refractivity contribution in [1.29, 1.82) is 0 Å². The van der Waals surface area contributed by atoms with Gasteiger partial charge in [-0.2, -0.15) is 22.0 Å². The highest BCUT2D eigenvalue weighted by atomic mass is 32.2. The molecule has 14 heteroatoms. The average molecular weight is 521 g/mol. The standard InChI is InChI=1S/C20H17F6N5O2S.CH4/c1-18(22,23)14-6-28-13(5-29-14)16(32)30-9-2-3-12(21)10(4-9)19-8-33-15(20(24,25)26)11(19)7-34-17(27)31-19;/h2-6,11,15H,7-8H2,1H3,(H2,27,31)(H,30,32);1H4/t11-,15+,19-;/m1./s1. The summed E-state index contributed by atoms with van der Waals surface area (Å²) < 4.78 is 87.1. The summed E-state index contributed by atoms with van der Waals surface area (Å²) in [6.45, 7) is 0.0636. The zero-order valence-electron chi connectivity index (χ0n) is 17.4.